The van der Waals surface area contributed by atoms with Crippen LogP contribution in [0.15, 0.2) is 30.3 Å². The number of amides is 2. The molecule has 152 valence electrons. The van der Waals surface area contributed by atoms with E-state index >= 15 is 0 Å². The maximum absolute atomic E-state index is 12.7. The van der Waals surface area contributed by atoms with Gasteiger partial charge in [-0.25, -0.2) is 14.4 Å². The van der Waals surface area contributed by atoms with Crippen LogP contribution in [0.2, 0.25) is 0 Å². The van der Waals surface area contributed by atoms with Gasteiger partial charge in [-0.3, -0.25) is 4.79 Å². The molecule has 0 N–H and O–H groups in total. The second kappa shape index (κ2) is 7.61. The van der Waals surface area contributed by atoms with Crippen molar-refractivity contribution in [3.8, 4) is 0 Å². The molecule has 1 fully saturated rings. The third kappa shape index (κ3) is 4.88. The van der Waals surface area contributed by atoms with Gasteiger partial charge >= 0.3 is 24.1 Å². The zero-order valence-corrected chi connectivity index (χ0v) is 16.8. The van der Waals surface area contributed by atoms with Crippen molar-refractivity contribution in [2.75, 3.05) is 0 Å². The van der Waals surface area contributed by atoms with E-state index in [1.807, 2.05) is 0 Å². The molecular formula is C20H25NO7. The van der Waals surface area contributed by atoms with Crippen molar-refractivity contribution in [3.05, 3.63) is 35.9 Å². The highest BCUT2D eigenvalue weighted by Gasteiger charge is 2.51. The summed E-state index contributed by atoms with van der Waals surface area (Å²) in [6.45, 7) is 9.79. The Kier molecular flexibility index (Phi) is 5.82. The standard InChI is InChI=1S/C20H25NO7/c1-19(2,3)16(23)26-14-13(12-10-8-7-9-11-12)21(17(24)27-15(14)22)18(25)28-20(4,5)6/h7-11,13-14H,1-6H3/t13-,14+/m0/s1. The molecule has 2 atom stereocenters. The summed E-state index contributed by atoms with van der Waals surface area (Å²) >= 11 is 0. The first-order valence-electron chi connectivity index (χ1n) is 8.85. The summed E-state index contributed by atoms with van der Waals surface area (Å²) in [5.41, 5.74) is -1.37. The van der Waals surface area contributed by atoms with Crippen molar-refractivity contribution >= 4 is 24.1 Å². The quantitative estimate of drug-likeness (QED) is 0.431. The highest BCUT2D eigenvalue weighted by molar-refractivity contribution is 5.99. The van der Waals surface area contributed by atoms with Crippen LogP contribution in [-0.2, 0) is 23.8 Å². The molecule has 8 heteroatoms. The van der Waals surface area contributed by atoms with Crippen LogP contribution >= 0.6 is 0 Å². The van der Waals surface area contributed by atoms with Crippen LogP contribution in [0, 0.1) is 5.41 Å². The number of ether oxygens (including phenoxy) is 3. The number of hydrogen-bond acceptors (Lipinski definition) is 7. The number of nitrogens with zero attached hydrogens (tertiary/aromatic N) is 1. The smallest absolute Gasteiger partial charge is 0.427 e. The second-order valence-electron chi connectivity index (χ2n) is 8.47. The molecule has 2 amide bonds. The maximum atomic E-state index is 12.7. The number of hydrogen-bond donors (Lipinski definition) is 0. The lowest BCUT2D eigenvalue weighted by Gasteiger charge is -2.38. The first-order valence-corrected chi connectivity index (χ1v) is 8.85. The van der Waals surface area contributed by atoms with Crippen LogP contribution in [0.5, 0.6) is 0 Å². The van der Waals surface area contributed by atoms with Crippen LogP contribution in [0.3, 0.4) is 0 Å². The number of carbonyl (C=O) groups excluding carboxylic acids is 4. The van der Waals surface area contributed by atoms with Crippen molar-refractivity contribution in [3.63, 3.8) is 0 Å². The maximum Gasteiger partial charge on any atom is 0.427 e. The van der Waals surface area contributed by atoms with Crippen LogP contribution < -0.4 is 0 Å². The molecule has 28 heavy (non-hydrogen) atoms. The Balaban J connectivity index is 2.50. The Morgan fingerprint density at radius 2 is 1.57 bits per heavy atom. The van der Waals surface area contributed by atoms with E-state index in [4.69, 9.17) is 9.47 Å². The Morgan fingerprint density at radius 1 is 1.00 bits per heavy atom. The van der Waals surface area contributed by atoms with E-state index in [9.17, 15) is 19.2 Å². The fraction of sp³-hybridized carbons (Fsp3) is 0.500. The molecule has 2 rings (SSSR count). The van der Waals surface area contributed by atoms with Gasteiger partial charge in [-0.15, -0.1) is 0 Å². The first-order chi connectivity index (χ1) is 12.8. The van der Waals surface area contributed by atoms with E-state index in [1.54, 1.807) is 71.9 Å². The Bertz CT molecular complexity index is 774. The predicted octanol–water partition coefficient (Wildman–Crippen LogP) is 3.60. The molecule has 0 spiro atoms. The highest BCUT2D eigenvalue weighted by Crippen LogP contribution is 2.34. The molecule has 0 saturated carbocycles. The number of benzene rings is 1. The molecule has 0 bridgehead atoms. The van der Waals surface area contributed by atoms with Crippen molar-refractivity contribution in [2.24, 2.45) is 5.41 Å². The summed E-state index contributed by atoms with van der Waals surface area (Å²) in [5, 5.41) is 0. The average Bonchev–Trinajstić information content (AvgIpc) is 2.54. The molecule has 1 aromatic rings. The molecule has 1 saturated heterocycles. The number of imide groups is 1. The summed E-state index contributed by atoms with van der Waals surface area (Å²) < 4.78 is 15.4. The largest absolute Gasteiger partial charge is 0.447 e. The monoisotopic (exact) mass is 391 g/mol. The number of carbonyl (C=O) groups is 4. The predicted molar refractivity (Wildman–Crippen MR) is 98.1 cm³/mol. The fourth-order valence-corrected chi connectivity index (χ4v) is 2.45. The third-order valence-corrected chi connectivity index (χ3v) is 3.76. The lowest BCUT2D eigenvalue weighted by atomic mass is 9.95. The summed E-state index contributed by atoms with van der Waals surface area (Å²) in [6, 6.07) is 7.11. The molecule has 1 aliphatic rings. The minimum Gasteiger partial charge on any atom is -0.447 e. The number of cyclic esters (lactones) is 2. The van der Waals surface area contributed by atoms with E-state index in [1.165, 1.54) is 0 Å². The van der Waals surface area contributed by atoms with E-state index in [0.29, 0.717) is 10.5 Å². The van der Waals surface area contributed by atoms with E-state index in [-0.39, 0.29) is 0 Å². The van der Waals surface area contributed by atoms with Gasteiger partial charge in [-0.2, -0.15) is 4.90 Å². The van der Waals surface area contributed by atoms with Crippen LogP contribution in [0.1, 0.15) is 53.1 Å². The Morgan fingerprint density at radius 3 is 2.07 bits per heavy atom. The SMILES string of the molecule is CC(C)(C)OC(=O)N1C(=O)OC(=O)[C@H](OC(=O)C(C)(C)C)[C@@H]1c1ccccc1. The van der Waals surface area contributed by atoms with Crippen molar-refractivity contribution < 1.29 is 33.4 Å². The molecule has 0 unspecified atom stereocenters. The zero-order chi connectivity index (χ0) is 21.3. The summed E-state index contributed by atoms with van der Waals surface area (Å²) in [4.78, 5) is 50.5. The van der Waals surface area contributed by atoms with Gasteiger partial charge in [-0.05, 0) is 47.1 Å². The van der Waals surface area contributed by atoms with Crippen LogP contribution in [0.25, 0.3) is 0 Å². The highest BCUT2D eigenvalue weighted by atomic mass is 16.6. The van der Waals surface area contributed by atoms with Gasteiger partial charge < -0.3 is 14.2 Å². The fourth-order valence-electron chi connectivity index (χ4n) is 2.45. The summed E-state index contributed by atoms with van der Waals surface area (Å²) in [6.07, 6.45) is -3.70. The topological polar surface area (TPSA) is 99.2 Å². The van der Waals surface area contributed by atoms with Gasteiger partial charge in [0.2, 0.25) is 6.10 Å². The van der Waals surface area contributed by atoms with Gasteiger partial charge in [0.05, 0.1) is 5.41 Å². The van der Waals surface area contributed by atoms with Crippen LogP contribution in [0.4, 0.5) is 9.59 Å². The summed E-state index contributed by atoms with van der Waals surface area (Å²) in [5.74, 6) is -1.72. The second-order valence-corrected chi connectivity index (χ2v) is 8.47. The average molecular weight is 391 g/mol. The van der Waals surface area contributed by atoms with Gasteiger partial charge in [-0.1, -0.05) is 30.3 Å². The van der Waals surface area contributed by atoms with E-state index in [0.717, 1.165) is 0 Å². The number of rotatable bonds is 2. The minimum absolute atomic E-state index is 0.421. The molecule has 0 radical (unpaired) electrons. The van der Waals surface area contributed by atoms with Gasteiger partial charge in [0.1, 0.15) is 11.6 Å². The minimum atomic E-state index is -1.51. The van der Waals surface area contributed by atoms with Crippen molar-refractivity contribution in [1.82, 2.24) is 4.90 Å². The van der Waals surface area contributed by atoms with Gasteiger partial charge in [0.15, 0.2) is 0 Å². The van der Waals surface area contributed by atoms with Gasteiger partial charge in [0.25, 0.3) is 0 Å². The van der Waals surface area contributed by atoms with Crippen molar-refractivity contribution in [1.29, 1.82) is 0 Å². The molecular weight excluding hydrogens is 366 g/mol. The Hall–Kier alpha value is -2.90. The molecule has 1 aliphatic heterocycles. The molecule has 8 nitrogen and oxygen atoms in total. The summed E-state index contributed by atoms with van der Waals surface area (Å²) in [7, 11) is 0. The normalized spacial score (nSPS) is 20.4. The third-order valence-electron chi connectivity index (χ3n) is 3.76. The number of esters is 2. The molecule has 0 aliphatic carbocycles. The molecule has 1 aromatic carbocycles. The Labute approximate surface area is 163 Å². The lowest BCUT2D eigenvalue weighted by Crippen LogP contribution is -2.56. The zero-order valence-electron chi connectivity index (χ0n) is 16.8. The van der Waals surface area contributed by atoms with E-state index < -0.39 is 47.3 Å². The molecule has 1 heterocycles. The van der Waals surface area contributed by atoms with Gasteiger partial charge in [0, 0.05) is 0 Å². The van der Waals surface area contributed by atoms with Crippen LogP contribution in [-0.4, -0.2) is 40.7 Å². The first kappa shape index (κ1) is 21.4. The van der Waals surface area contributed by atoms with Crippen molar-refractivity contribution in [2.45, 2.75) is 59.3 Å². The lowest BCUT2D eigenvalue weighted by molar-refractivity contribution is -0.179. The van der Waals surface area contributed by atoms with E-state index in [2.05, 4.69) is 4.74 Å². The molecule has 0 aromatic heterocycles.